The first-order valence-corrected chi connectivity index (χ1v) is 7.14. The molecule has 1 heterocycles. The maximum atomic E-state index is 5.36. The lowest BCUT2D eigenvalue weighted by Crippen LogP contribution is -2.23. The molecule has 0 amide bonds. The van der Waals surface area contributed by atoms with Crippen molar-refractivity contribution in [3.8, 4) is 11.5 Å². The van der Waals surface area contributed by atoms with Gasteiger partial charge in [-0.05, 0) is 42.3 Å². The number of benzene rings is 1. The molecule has 1 aromatic carbocycles. The molecule has 112 valence electrons. The largest absolute Gasteiger partial charge is 0.497 e. The van der Waals surface area contributed by atoms with Gasteiger partial charge in [-0.2, -0.15) is 0 Å². The zero-order chi connectivity index (χ0) is 15.1. The molecule has 2 rings (SSSR count). The second kappa shape index (κ2) is 7.64. The summed E-state index contributed by atoms with van der Waals surface area (Å²) in [7, 11) is 3.33. The average Bonchev–Trinajstić information content (AvgIpc) is 2.55. The SMILES string of the molecule is CCCNC(c1cccnc1)c1cc(OC)cc(OC)c1. The molecule has 2 aromatic rings. The molecule has 1 atom stereocenters. The number of ether oxygens (including phenoxy) is 2. The molecule has 4 nitrogen and oxygen atoms in total. The summed E-state index contributed by atoms with van der Waals surface area (Å²) >= 11 is 0. The lowest BCUT2D eigenvalue weighted by atomic mass is 9.99. The van der Waals surface area contributed by atoms with Crippen LogP contribution in [0.25, 0.3) is 0 Å². The third-order valence-electron chi connectivity index (χ3n) is 3.32. The van der Waals surface area contributed by atoms with E-state index in [9.17, 15) is 0 Å². The van der Waals surface area contributed by atoms with E-state index in [1.807, 2.05) is 30.5 Å². The average molecular weight is 286 g/mol. The van der Waals surface area contributed by atoms with E-state index in [-0.39, 0.29) is 6.04 Å². The highest BCUT2D eigenvalue weighted by atomic mass is 16.5. The van der Waals surface area contributed by atoms with Crippen LogP contribution in [0.2, 0.25) is 0 Å². The van der Waals surface area contributed by atoms with Gasteiger partial charge < -0.3 is 14.8 Å². The fraction of sp³-hybridized carbons (Fsp3) is 0.353. The smallest absolute Gasteiger partial charge is 0.122 e. The molecule has 0 saturated heterocycles. The summed E-state index contributed by atoms with van der Waals surface area (Å²) in [5.41, 5.74) is 2.23. The van der Waals surface area contributed by atoms with Gasteiger partial charge in [0, 0.05) is 18.5 Å². The minimum absolute atomic E-state index is 0.0719. The molecule has 0 radical (unpaired) electrons. The molecule has 1 N–H and O–H groups in total. The summed E-state index contributed by atoms with van der Waals surface area (Å²) in [6.07, 6.45) is 4.74. The molecule has 0 saturated carbocycles. The highest BCUT2D eigenvalue weighted by molar-refractivity contribution is 5.42. The van der Waals surface area contributed by atoms with Crippen LogP contribution in [-0.4, -0.2) is 25.7 Å². The minimum atomic E-state index is 0.0719. The van der Waals surface area contributed by atoms with Crippen LogP contribution in [0.1, 0.15) is 30.5 Å². The normalized spacial score (nSPS) is 12.0. The Balaban J connectivity index is 2.40. The molecule has 21 heavy (non-hydrogen) atoms. The number of nitrogens with one attached hydrogen (secondary N) is 1. The van der Waals surface area contributed by atoms with E-state index in [0.717, 1.165) is 35.6 Å². The van der Waals surface area contributed by atoms with Crippen molar-refractivity contribution >= 4 is 0 Å². The number of aromatic nitrogens is 1. The summed E-state index contributed by atoms with van der Waals surface area (Å²) in [6.45, 7) is 3.08. The number of hydrogen-bond acceptors (Lipinski definition) is 4. The Hall–Kier alpha value is -2.07. The second-order valence-electron chi connectivity index (χ2n) is 4.82. The summed E-state index contributed by atoms with van der Waals surface area (Å²) in [6, 6.07) is 10.0. The van der Waals surface area contributed by atoms with Gasteiger partial charge in [0.25, 0.3) is 0 Å². The number of pyridine rings is 1. The number of methoxy groups -OCH3 is 2. The molecular weight excluding hydrogens is 264 g/mol. The maximum absolute atomic E-state index is 5.36. The van der Waals surface area contributed by atoms with Crippen molar-refractivity contribution in [3.05, 3.63) is 53.9 Å². The van der Waals surface area contributed by atoms with E-state index in [4.69, 9.17) is 9.47 Å². The predicted octanol–water partition coefficient (Wildman–Crippen LogP) is 3.19. The summed E-state index contributed by atoms with van der Waals surface area (Å²) in [5.74, 6) is 1.58. The Kier molecular flexibility index (Phi) is 5.58. The highest BCUT2D eigenvalue weighted by Crippen LogP contribution is 2.29. The van der Waals surface area contributed by atoms with Crippen LogP contribution in [0.5, 0.6) is 11.5 Å². The minimum Gasteiger partial charge on any atom is -0.497 e. The molecule has 1 aromatic heterocycles. The van der Waals surface area contributed by atoms with Crippen LogP contribution >= 0.6 is 0 Å². The summed E-state index contributed by atoms with van der Waals surface area (Å²) in [4.78, 5) is 4.22. The zero-order valence-electron chi connectivity index (χ0n) is 12.8. The Morgan fingerprint density at radius 1 is 1.10 bits per heavy atom. The van der Waals surface area contributed by atoms with Crippen LogP contribution in [0.4, 0.5) is 0 Å². The van der Waals surface area contributed by atoms with Crippen molar-refractivity contribution in [1.82, 2.24) is 10.3 Å². The second-order valence-corrected chi connectivity index (χ2v) is 4.82. The van der Waals surface area contributed by atoms with Gasteiger partial charge >= 0.3 is 0 Å². The first kappa shape index (κ1) is 15.3. The lowest BCUT2D eigenvalue weighted by Gasteiger charge is -2.20. The Bertz CT molecular complexity index is 536. The van der Waals surface area contributed by atoms with E-state index in [1.165, 1.54) is 0 Å². The molecule has 0 aliphatic rings. The van der Waals surface area contributed by atoms with Crippen LogP contribution < -0.4 is 14.8 Å². The first-order valence-electron chi connectivity index (χ1n) is 7.14. The summed E-state index contributed by atoms with van der Waals surface area (Å²) in [5, 5.41) is 3.55. The quantitative estimate of drug-likeness (QED) is 0.849. The topological polar surface area (TPSA) is 43.4 Å². The van der Waals surface area contributed by atoms with Crippen molar-refractivity contribution in [2.45, 2.75) is 19.4 Å². The molecular formula is C17H22N2O2. The van der Waals surface area contributed by atoms with Gasteiger partial charge in [0.05, 0.1) is 20.3 Å². The fourth-order valence-electron chi connectivity index (χ4n) is 2.26. The van der Waals surface area contributed by atoms with Gasteiger partial charge in [0.1, 0.15) is 11.5 Å². The number of nitrogens with zero attached hydrogens (tertiary/aromatic N) is 1. The summed E-state index contributed by atoms with van der Waals surface area (Å²) < 4.78 is 10.7. The monoisotopic (exact) mass is 286 g/mol. The van der Waals surface area contributed by atoms with Gasteiger partial charge in [0.15, 0.2) is 0 Å². The third-order valence-corrected chi connectivity index (χ3v) is 3.32. The Morgan fingerprint density at radius 3 is 2.33 bits per heavy atom. The van der Waals surface area contributed by atoms with Crippen LogP contribution in [-0.2, 0) is 0 Å². The number of rotatable bonds is 7. The predicted molar refractivity (Wildman–Crippen MR) is 83.9 cm³/mol. The van der Waals surface area contributed by atoms with E-state index < -0.39 is 0 Å². The fourth-order valence-corrected chi connectivity index (χ4v) is 2.26. The molecule has 0 aliphatic heterocycles. The van der Waals surface area contributed by atoms with E-state index in [2.05, 4.69) is 23.3 Å². The van der Waals surface area contributed by atoms with Gasteiger partial charge in [-0.25, -0.2) is 0 Å². The molecule has 4 heteroatoms. The first-order chi connectivity index (χ1) is 10.3. The van der Waals surface area contributed by atoms with Crippen molar-refractivity contribution in [2.75, 3.05) is 20.8 Å². The zero-order valence-corrected chi connectivity index (χ0v) is 12.8. The van der Waals surface area contributed by atoms with E-state index in [0.29, 0.717) is 0 Å². The molecule has 0 bridgehead atoms. The van der Waals surface area contributed by atoms with Gasteiger partial charge in [-0.3, -0.25) is 4.98 Å². The molecule has 1 unspecified atom stereocenters. The third kappa shape index (κ3) is 3.95. The van der Waals surface area contributed by atoms with Gasteiger partial charge in [-0.15, -0.1) is 0 Å². The highest BCUT2D eigenvalue weighted by Gasteiger charge is 2.15. The Labute approximate surface area is 126 Å². The van der Waals surface area contributed by atoms with Crippen LogP contribution in [0.3, 0.4) is 0 Å². The number of hydrogen-bond donors (Lipinski definition) is 1. The van der Waals surface area contributed by atoms with E-state index >= 15 is 0 Å². The van der Waals surface area contributed by atoms with Crippen LogP contribution in [0.15, 0.2) is 42.7 Å². The Morgan fingerprint density at radius 2 is 1.81 bits per heavy atom. The lowest BCUT2D eigenvalue weighted by molar-refractivity contribution is 0.392. The van der Waals surface area contributed by atoms with Gasteiger partial charge in [-0.1, -0.05) is 13.0 Å². The van der Waals surface area contributed by atoms with Gasteiger partial charge in [0.2, 0.25) is 0 Å². The maximum Gasteiger partial charge on any atom is 0.122 e. The van der Waals surface area contributed by atoms with Crippen LogP contribution in [0, 0.1) is 0 Å². The van der Waals surface area contributed by atoms with Crippen molar-refractivity contribution in [2.24, 2.45) is 0 Å². The van der Waals surface area contributed by atoms with Crippen molar-refractivity contribution in [1.29, 1.82) is 0 Å². The van der Waals surface area contributed by atoms with Crippen molar-refractivity contribution < 1.29 is 9.47 Å². The molecule has 0 aliphatic carbocycles. The van der Waals surface area contributed by atoms with Crippen molar-refractivity contribution in [3.63, 3.8) is 0 Å². The molecule has 0 fully saturated rings. The standard InChI is InChI=1S/C17H22N2O2/c1-4-7-19-17(13-6-5-8-18-12-13)14-9-15(20-2)11-16(10-14)21-3/h5-6,8-12,17,19H,4,7H2,1-3H3. The molecule has 0 spiro atoms. The van der Waals surface area contributed by atoms with E-state index in [1.54, 1.807) is 20.4 Å².